The topological polar surface area (TPSA) is 93.1 Å². The number of hydrogen-bond donors (Lipinski definition) is 2. The minimum Gasteiger partial charge on any atom is -0.344 e. The predicted octanol–water partition coefficient (Wildman–Crippen LogP) is 3.99. The number of anilines is 1. The van der Waals surface area contributed by atoms with E-state index in [1.54, 1.807) is 0 Å². The summed E-state index contributed by atoms with van der Waals surface area (Å²) in [5, 5.41) is 4.48. The first-order valence-corrected chi connectivity index (χ1v) is 10.4. The second kappa shape index (κ2) is 8.95. The van der Waals surface area contributed by atoms with Gasteiger partial charge in [0.05, 0.1) is 23.1 Å². The van der Waals surface area contributed by atoms with Gasteiger partial charge in [0, 0.05) is 12.7 Å². The summed E-state index contributed by atoms with van der Waals surface area (Å²) in [7, 11) is 1.44. The Morgan fingerprint density at radius 1 is 1.09 bits per heavy atom. The van der Waals surface area contributed by atoms with E-state index >= 15 is 0 Å². The molecule has 0 bridgehead atoms. The van der Waals surface area contributed by atoms with Gasteiger partial charge in [-0.3, -0.25) is 14.4 Å². The van der Waals surface area contributed by atoms with Crippen LogP contribution < -0.4 is 10.6 Å². The van der Waals surface area contributed by atoms with Gasteiger partial charge in [-0.25, -0.2) is 4.98 Å². The van der Waals surface area contributed by atoms with Gasteiger partial charge in [0.2, 0.25) is 5.95 Å². The van der Waals surface area contributed by atoms with Gasteiger partial charge in [-0.05, 0) is 44.4 Å². The maximum atomic E-state index is 13.8. The molecule has 7 nitrogen and oxygen atoms in total. The lowest BCUT2D eigenvalue weighted by atomic mass is 9.81. The molecule has 1 aliphatic rings. The van der Waals surface area contributed by atoms with Crippen LogP contribution in [0.3, 0.4) is 0 Å². The van der Waals surface area contributed by atoms with Crippen molar-refractivity contribution in [3.63, 3.8) is 0 Å². The van der Waals surface area contributed by atoms with Gasteiger partial charge in [-0.15, -0.1) is 0 Å². The Morgan fingerprint density at radius 2 is 1.73 bits per heavy atom. The van der Waals surface area contributed by atoms with Crippen LogP contribution in [0.1, 0.15) is 64.2 Å². The molecule has 2 aromatic rings. The van der Waals surface area contributed by atoms with Crippen molar-refractivity contribution in [2.45, 2.75) is 57.7 Å². The summed E-state index contributed by atoms with van der Waals surface area (Å²) in [6.45, 7) is 2.98. The zero-order chi connectivity index (χ0) is 24.6. The molecule has 2 heterocycles. The average Bonchev–Trinajstić information content (AvgIpc) is 2.97. The van der Waals surface area contributed by atoms with E-state index < -0.39 is 35.3 Å². The maximum absolute atomic E-state index is 13.8. The largest absolute Gasteiger partial charge is 0.411 e. The van der Waals surface area contributed by atoms with E-state index in [1.807, 2.05) is 5.32 Å². The molecule has 11 heteroatoms. The van der Waals surface area contributed by atoms with Gasteiger partial charge in [0.25, 0.3) is 17.6 Å². The first kappa shape index (κ1) is 24.4. The van der Waals surface area contributed by atoms with Crippen LogP contribution in [0.15, 0.2) is 18.3 Å². The molecule has 0 saturated heterocycles. The number of carbonyl (C=O) groups excluding carboxylic acids is 3. The molecule has 0 aliphatic heterocycles. The van der Waals surface area contributed by atoms with E-state index in [-0.39, 0.29) is 35.3 Å². The highest BCUT2D eigenvalue weighted by Crippen LogP contribution is 2.41. The van der Waals surface area contributed by atoms with Gasteiger partial charge in [0.15, 0.2) is 0 Å². The highest BCUT2D eigenvalue weighted by Gasteiger charge is 2.56. The van der Waals surface area contributed by atoms with Crippen LogP contribution in [0.2, 0.25) is 0 Å². The lowest BCUT2D eigenvalue weighted by molar-refractivity contribution is -0.205. The fraction of sp³-hybridized carbons (Fsp3) is 0.455. The Hall–Kier alpha value is -3.24. The number of nitrogens with zero attached hydrogens (tertiary/aromatic N) is 2. The molecular formula is C22H24F4N4O3. The van der Waals surface area contributed by atoms with Crippen LogP contribution in [0.25, 0.3) is 0 Å². The van der Waals surface area contributed by atoms with Gasteiger partial charge >= 0.3 is 6.18 Å². The zero-order valence-corrected chi connectivity index (χ0v) is 18.4. The molecule has 0 atom stereocenters. The van der Waals surface area contributed by atoms with Crippen LogP contribution in [-0.4, -0.2) is 38.9 Å². The summed E-state index contributed by atoms with van der Waals surface area (Å²) in [6.07, 6.45) is -2.96. The Balaban J connectivity index is 1.88. The Kier molecular flexibility index (Phi) is 6.62. The monoisotopic (exact) mass is 468 g/mol. The number of carbonyl (C=O) groups is 3. The number of alkyl halides is 3. The van der Waals surface area contributed by atoms with Crippen molar-refractivity contribution in [1.82, 2.24) is 14.9 Å². The summed E-state index contributed by atoms with van der Waals surface area (Å²) >= 11 is 0. The Labute approximate surface area is 187 Å². The molecule has 33 heavy (non-hydrogen) atoms. The van der Waals surface area contributed by atoms with E-state index in [9.17, 15) is 31.9 Å². The molecule has 2 aromatic heterocycles. The third-order valence-electron chi connectivity index (χ3n) is 6.17. The van der Waals surface area contributed by atoms with Crippen molar-refractivity contribution >= 4 is 23.3 Å². The van der Waals surface area contributed by atoms with Crippen LogP contribution >= 0.6 is 0 Å². The number of hydrogen-bond acceptors (Lipinski definition) is 4. The summed E-state index contributed by atoms with van der Waals surface area (Å²) in [6, 6.07) is 2.36. The SMILES string of the molecule is Cc1c(C(=O)Nc2ccc(F)nc2)c(C)n(C)c1C(=O)C(=O)NC1(C(F)(F)F)CCCCC1. The molecule has 0 spiro atoms. The second-order valence-corrected chi connectivity index (χ2v) is 8.24. The number of rotatable bonds is 5. The predicted molar refractivity (Wildman–Crippen MR) is 111 cm³/mol. The molecule has 1 saturated carbocycles. The third kappa shape index (κ3) is 4.62. The number of aromatic nitrogens is 2. The van der Waals surface area contributed by atoms with Crippen LogP contribution in [0.5, 0.6) is 0 Å². The van der Waals surface area contributed by atoms with Crippen molar-refractivity contribution < 1.29 is 31.9 Å². The highest BCUT2D eigenvalue weighted by atomic mass is 19.4. The number of ketones is 1. The van der Waals surface area contributed by atoms with Gasteiger partial charge < -0.3 is 15.2 Å². The normalized spacial score (nSPS) is 15.7. The minimum atomic E-state index is -4.70. The summed E-state index contributed by atoms with van der Waals surface area (Å²) in [5.41, 5.74) is -1.85. The number of pyridine rings is 1. The number of Topliss-reactive ketones (excluding diaryl/α,β-unsaturated/α-hetero) is 1. The van der Waals surface area contributed by atoms with Crippen molar-refractivity contribution in [2.24, 2.45) is 7.05 Å². The smallest absolute Gasteiger partial charge is 0.344 e. The van der Waals surface area contributed by atoms with Crippen molar-refractivity contribution in [3.05, 3.63) is 46.8 Å². The Morgan fingerprint density at radius 3 is 2.27 bits per heavy atom. The van der Waals surface area contributed by atoms with Crippen LogP contribution in [0, 0.1) is 19.8 Å². The molecule has 2 N–H and O–H groups in total. The first-order valence-electron chi connectivity index (χ1n) is 10.4. The molecule has 3 rings (SSSR count). The third-order valence-corrected chi connectivity index (χ3v) is 6.17. The quantitative estimate of drug-likeness (QED) is 0.300. The zero-order valence-electron chi connectivity index (χ0n) is 18.4. The molecule has 0 radical (unpaired) electrons. The molecule has 178 valence electrons. The summed E-state index contributed by atoms with van der Waals surface area (Å²) in [4.78, 5) is 41.8. The van der Waals surface area contributed by atoms with Crippen molar-refractivity contribution in [2.75, 3.05) is 5.32 Å². The molecule has 0 unspecified atom stereocenters. The number of amides is 2. The molecule has 0 aromatic carbocycles. The summed E-state index contributed by atoms with van der Waals surface area (Å²) in [5.74, 6) is -3.89. The van der Waals surface area contributed by atoms with E-state index in [4.69, 9.17) is 0 Å². The van der Waals surface area contributed by atoms with Crippen LogP contribution in [0.4, 0.5) is 23.2 Å². The Bertz CT molecular complexity index is 1080. The number of nitrogens with one attached hydrogen (secondary N) is 2. The average molecular weight is 468 g/mol. The lowest BCUT2D eigenvalue weighted by Crippen LogP contribution is -2.61. The minimum absolute atomic E-state index is 0.0844. The number of halogens is 4. The van der Waals surface area contributed by atoms with Gasteiger partial charge in [0.1, 0.15) is 5.54 Å². The standard InChI is InChI=1S/C22H24F4N4O3/c1-12-16(19(32)28-14-7-8-15(23)27-11-14)13(2)30(3)17(12)18(31)20(33)29-21(22(24,25)26)9-5-4-6-10-21/h7-8,11H,4-6,9-10H2,1-3H3,(H,28,32)(H,29,33). The van der Waals surface area contributed by atoms with E-state index in [2.05, 4.69) is 10.3 Å². The highest BCUT2D eigenvalue weighted by molar-refractivity contribution is 6.43. The van der Waals surface area contributed by atoms with Gasteiger partial charge in [-0.2, -0.15) is 17.6 Å². The van der Waals surface area contributed by atoms with Crippen LogP contribution in [-0.2, 0) is 11.8 Å². The second-order valence-electron chi connectivity index (χ2n) is 8.24. The summed E-state index contributed by atoms with van der Waals surface area (Å²) < 4.78 is 55.6. The van der Waals surface area contributed by atoms with E-state index in [1.165, 1.54) is 31.5 Å². The molecule has 2 amide bonds. The first-order chi connectivity index (χ1) is 15.4. The molecular weight excluding hydrogens is 444 g/mol. The fourth-order valence-corrected chi connectivity index (χ4v) is 4.29. The van der Waals surface area contributed by atoms with Crippen molar-refractivity contribution in [1.29, 1.82) is 0 Å². The van der Waals surface area contributed by atoms with Crippen molar-refractivity contribution in [3.8, 4) is 0 Å². The fourth-order valence-electron chi connectivity index (χ4n) is 4.29. The maximum Gasteiger partial charge on any atom is 0.411 e. The van der Waals surface area contributed by atoms with E-state index in [0.29, 0.717) is 25.0 Å². The molecule has 1 aliphatic carbocycles. The molecule has 1 fully saturated rings. The van der Waals surface area contributed by atoms with E-state index in [0.717, 1.165) is 12.3 Å². The van der Waals surface area contributed by atoms with Gasteiger partial charge in [-0.1, -0.05) is 19.3 Å². The lowest BCUT2D eigenvalue weighted by Gasteiger charge is -2.39.